The molecule has 3 rings (SSSR count). The van der Waals surface area contributed by atoms with Crippen LogP contribution >= 0.6 is 0 Å². The fraction of sp³-hybridized carbons (Fsp3) is 0.611. The van der Waals surface area contributed by atoms with Crippen LogP contribution in [0.1, 0.15) is 67.0 Å². The van der Waals surface area contributed by atoms with Gasteiger partial charge in [-0.1, -0.05) is 24.4 Å². The van der Waals surface area contributed by atoms with E-state index in [2.05, 4.69) is 15.6 Å². The Morgan fingerprint density at radius 3 is 2.75 bits per heavy atom. The second kappa shape index (κ2) is 7.20. The molecule has 1 aliphatic rings. The highest BCUT2D eigenvalue weighted by atomic mass is 16.5. The number of aryl methyl sites for hydroxylation is 2. The maximum Gasteiger partial charge on any atom is 0.234 e. The van der Waals surface area contributed by atoms with E-state index in [0.29, 0.717) is 24.6 Å². The number of amides is 1. The van der Waals surface area contributed by atoms with Gasteiger partial charge in [0.25, 0.3) is 0 Å². The van der Waals surface area contributed by atoms with Crippen LogP contribution in [0.2, 0.25) is 0 Å². The van der Waals surface area contributed by atoms with Crippen molar-refractivity contribution in [1.29, 1.82) is 0 Å². The van der Waals surface area contributed by atoms with Crippen molar-refractivity contribution >= 4 is 11.8 Å². The average Bonchev–Trinajstić information content (AvgIpc) is 3.10. The molecule has 0 bridgehead atoms. The summed E-state index contributed by atoms with van der Waals surface area (Å²) in [6, 6.07) is 0. The minimum atomic E-state index is -0.0484. The molecule has 1 saturated carbocycles. The van der Waals surface area contributed by atoms with Gasteiger partial charge < -0.3 is 4.52 Å². The van der Waals surface area contributed by atoms with E-state index in [1.54, 1.807) is 0 Å². The van der Waals surface area contributed by atoms with Crippen LogP contribution in [-0.4, -0.2) is 20.8 Å². The smallest absolute Gasteiger partial charge is 0.234 e. The van der Waals surface area contributed by atoms with Crippen LogP contribution in [0.3, 0.4) is 0 Å². The number of carbonyl (C=O) groups is 1. The van der Waals surface area contributed by atoms with Crippen LogP contribution in [0, 0.1) is 13.8 Å². The van der Waals surface area contributed by atoms with Gasteiger partial charge in [0.05, 0.1) is 11.9 Å². The third kappa shape index (κ3) is 3.52. The summed E-state index contributed by atoms with van der Waals surface area (Å²) in [5.74, 6) is 0.933. The van der Waals surface area contributed by atoms with Crippen LogP contribution in [0.25, 0.3) is 0 Å². The summed E-state index contributed by atoms with van der Waals surface area (Å²) in [5.41, 5.74) is 4.20. The molecule has 130 valence electrons. The van der Waals surface area contributed by atoms with E-state index in [1.165, 1.54) is 32.1 Å². The largest absolute Gasteiger partial charge is 0.338 e. The fourth-order valence-corrected chi connectivity index (χ4v) is 3.45. The Balaban J connectivity index is 1.58. The van der Waals surface area contributed by atoms with E-state index in [-0.39, 0.29) is 5.91 Å². The third-order valence-electron chi connectivity index (χ3n) is 5.16. The maximum atomic E-state index is 12.2. The topological polar surface area (TPSA) is 73.0 Å². The Kier molecular flexibility index (Phi) is 5.02. The second-order valence-corrected chi connectivity index (χ2v) is 6.78. The molecule has 0 atom stereocenters. The Hall–Kier alpha value is -2.11. The quantitative estimate of drug-likeness (QED) is 0.908. The van der Waals surface area contributed by atoms with Crippen LogP contribution < -0.4 is 5.32 Å². The molecular weight excluding hydrogens is 304 g/mol. The lowest BCUT2D eigenvalue weighted by Gasteiger charge is -2.19. The maximum absolute atomic E-state index is 12.2. The zero-order valence-electron chi connectivity index (χ0n) is 14.8. The van der Waals surface area contributed by atoms with Gasteiger partial charge in [0.15, 0.2) is 0 Å². The summed E-state index contributed by atoms with van der Waals surface area (Å²) in [6.07, 6.45) is 9.06. The van der Waals surface area contributed by atoms with Gasteiger partial charge in [0, 0.05) is 30.6 Å². The molecule has 0 radical (unpaired) electrons. The number of aromatic nitrogens is 3. The number of carbonyl (C=O) groups excluding carboxylic acids is 1. The molecule has 6 nitrogen and oxygen atoms in total. The number of nitrogens with one attached hydrogen (secondary N) is 1. The Morgan fingerprint density at radius 1 is 1.33 bits per heavy atom. The average molecular weight is 330 g/mol. The number of nitrogens with zero attached hydrogens (tertiary/aromatic N) is 3. The lowest BCUT2D eigenvalue weighted by Crippen LogP contribution is -2.13. The van der Waals surface area contributed by atoms with E-state index in [1.807, 2.05) is 31.8 Å². The molecule has 2 aromatic rings. The van der Waals surface area contributed by atoms with Gasteiger partial charge >= 0.3 is 0 Å². The zero-order chi connectivity index (χ0) is 17.1. The highest BCUT2D eigenvalue weighted by Crippen LogP contribution is 2.35. The summed E-state index contributed by atoms with van der Waals surface area (Å²) >= 11 is 0. The first-order valence-corrected chi connectivity index (χ1v) is 8.79. The summed E-state index contributed by atoms with van der Waals surface area (Å²) < 4.78 is 7.22. The van der Waals surface area contributed by atoms with Gasteiger partial charge in [-0.05, 0) is 38.7 Å². The molecule has 0 aromatic carbocycles. The van der Waals surface area contributed by atoms with Crippen molar-refractivity contribution in [3.8, 4) is 0 Å². The standard InChI is InChI=1S/C18H26N4O2/c1-12-17(14-7-5-4-6-8-14)21-24-18(12)20-16(23)10-9-15-11-19-22(3)13(15)2/h11,14H,4-10H2,1-3H3,(H,20,23). The normalized spacial score (nSPS) is 15.6. The van der Waals surface area contributed by atoms with Gasteiger partial charge in [-0.25, -0.2) is 0 Å². The van der Waals surface area contributed by atoms with Crippen molar-refractivity contribution in [2.24, 2.45) is 7.05 Å². The lowest BCUT2D eigenvalue weighted by molar-refractivity contribution is -0.116. The monoisotopic (exact) mass is 330 g/mol. The van der Waals surface area contributed by atoms with Crippen LogP contribution in [-0.2, 0) is 18.3 Å². The molecule has 6 heteroatoms. The predicted molar refractivity (Wildman–Crippen MR) is 92.0 cm³/mol. The third-order valence-corrected chi connectivity index (χ3v) is 5.16. The molecule has 0 unspecified atom stereocenters. The highest BCUT2D eigenvalue weighted by molar-refractivity contribution is 5.90. The van der Waals surface area contributed by atoms with E-state index in [4.69, 9.17) is 4.52 Å². The first-order chi connectivity index (χ1) is 11.6. The van der Waals surface area contributed by atoms with Crippen molar-refractivity contribution in [2.75, 3.05) is 5.32 Å². The van der Waals surface area contributed by atoms with E-state index in [9.17, 15) is 4.79 Å². The second-order valence-electron chi connectivity index (χ2n) is 6.78. The molecule has 1 fully saturated rings. The van der Waals surface area contributed by atoms with Crippen molar-refractivity contribution in [3.05, 3.63) is 28.7 Å². The van der Waals surface area contributed by atoms with Crippen LogP contribution in [0.4, 0.5) is 5.88 Å². The van der Waals surface area contributed by atoms with E-state index < -0.39 is 0 Å². The van der Waals surface area contributed by atoms with Gasteiger partial charge in [0.1, 0.15) is 0 Å². The van der Waals surface area contributed by atoms with E-state index >= 15 is 0 Å². The Labute approximate surface area is 142 Å². The fourth-order valence-electron chi connectivity index (χ4n) is 3.45. The van der Waals surface area contributed by atoms with Crippen molar-refractivity contribution in [1.82, 2.24) is 14.9 Å². The molecule has 1 aliphatic carbocycles. The number of hydrogen-bond acceptors (Lipinski definition) is 4. The van der Waals surface area contributed by atoms with Crippen molar-refractivity contribution in [2.45, 2.75) is 64.7 Å². The SMILES string of the molecule is Cc1c(C2CCCCC2)noc1NC(=O)CCc1cnn(C)c1C. The van der Waals surface area contributed by atoms with Gasteiger partial charge in [-0.2, -0.15) is 5.10 Å². The summed E-state index contributed by atoms with van der Waals surface area (Å²) in [4.78, 5) is 12.2. The first kappa shape index (κ1) is 16.7. The zero-order valence-corrected chi connectivity index (χ0v) is 14.8. The van der Waals surface area contributed by atoms with Crippen LogP contribution in [0.5, 0.6) is 0 Å². The predicted octanol–water partition coefficient (Wildman–Crippen LogP) is 3.64. The molecule has 1 amide bonds. The minimum Gasteiger partial charge on any atom is -0.338 e. The summed E-state index contributed by atoms with van der Waals surface area (Å²) in [7, 11) is 1.91. The molecule has 0 spiro atoms. The van der Waals surface area contributed by atoms with Gasteiger partial charge in [0.2, 0.25) is 11.8 Å². The van der Waals surface area contributed by atoms with Gasteiger partial charge in [-0.15, -0.1) is 0 Å². The summed E-state index contributed by atoms with van der Waals surface area (Å²) in [6.45, 7) is 4.00. The van der Waals surface area contributed by atoms with Crippen molar-refractivity contribution < 1.29 is 9.32 Å². The molecule has 2 aromatic heterocycles. The van der Waals surface area contributed by atoms with E-state index in [0.717, 1.165) is 22.5 Å². The lowest BCUT2D eigenvalue weighted by atomic mass is 9.86. The number of anilines is 1. The molecular formula is C18H26N4O2. The molecule has 1 N–H and O–H groups in total. The Morgan fingerprint density at radius 2 is 2.08 bits per heavy atom. The highest BCUT2D eigenvalue weighted by Gasteiger charge is 2.23. The summed E-state index contributed by atoms with van der Waals surface area (Å²) in [5, 5.41) is 11.3. The Bertz CT molecular complexity index is 711. The number of hydrogen-bond donors (Lipinski definition) is 1. The molecule has 0 saturated heterocycles. The number of rotatable bonds is 5. The van der Waals surface area contributed by atoms with Crippen molar-refractivity contribution in [3.63, 3.8) is 0 Å². The first-order valence-electron chi connectivity index (χ1n) is 8.79. The van der Waals surface area contributed by atoms with Gasteiger partial charge in [-0.3, -0.25) is 14.8 Å². The van der Waals surface area contributed by atoms with Crippen LogP contribution in [0.15, 0.2) is 10.7 Å². The molecule has 24 heavy (non-hydrogen) atoms. The molecule has 0 aliphatic heterocycles. The minimum absolute atomic E-state index is 0.0484. The molecule has 2 heterocycles.